The van der Waals surface area contributed by atoms with E-state index in [0.717, 1.165) is 0 Å². The Balaban J connectivity index is 1.81. The van der Waals surface area contributed by atoms with Gasteiger partial charge in [0.2, 0.25) is 5.91 Å². The van der Waals surface area contributed by atoms with Crippen molar-refractivity contribution in [3.63, 3.8) is 0 Å². The monoisotopic (exact) mass is 532 g/mol. The maximum atomic E-state index is 13.1. The van der Waals surface area contributed by atoms with Crippen LogP contribution in [0.5, 0.6) is 0 Å². The van der Waals surface area contributed by atoms with Crippen molar-refractivity contribution in [2.45, 2.75) is 20.3 Å². The van der Waals surface area contributed by atoms with Crippen LogP contribution in [0.25, 0.3) is 33.8 Å². The molecule has 0 aliphatic carbocycles. The van der Waals surface area contributed by atoms with Crippen molar-refractivity contribution in [2.24, 2.45) is 0 Å². The van der Waals surface area contributed by atoms with E-state index in [4.69, 9.17) is 15.7 Å². The lowest BCUT2D eigenvalue weighted by Crippen LogP contribution is -2.34. The van der Waals surface area contributed by atoms with Crippen LogP contribution in [0.2, 0.25) is 0 Å². The number of aromatic carboxylic acids is 1. The molecule has 40 heavy (non-hydrogen) atoms. The number of carboxylic acid groups (broad SMARTS) is 1. The molecule has 1 aliphatic rings. The fraction of sp³-hybridized carbons (Fsp3) is 0.0968. The number of allylic oxidation sites excluding steroid dienone is 1. The molecule has 0 spiro atoms. The standard InChI is InChI=1S/C31H24N4O5/c1-17-16-35(26(38)15-25(17)37)30-29(22-5-3-19(4-6-22)18(2)36)33-27(21-11-13-24(32)14-12-21)28(34-30)20-7-9-23(10-8-20)31(39)40/h3-14,16H,15,32H2,1-2H3,(H,39,40). The molecular formula is C31H24N4O5. The highest BCUT2D eigenvalue weighted by Gasteiger charge is 2.29. The Bertz CT molecular complexity index is 1710. The summed E-state index contributed by atoms with van der Waals surface area (Å²) >= 11 is 0. The minimum atomic E-state index is -1.06. The molecule has 1 aromatic heterocycles. The number of hydrogen-bond acceptors (Lipinski definition) is 7. The third-order valence-electron chi connectivity index (χ3n) is 6.60. The predicted molar refractivity (Wildman–Crippen MR) is 151 cm³/mol. The first-order valence-electron chi connectivity index (χ1n) is 12.4. The molecule has 0 unspecified atom stereocenters. The zero-order chi connectivity index (χ0) is 28.6. The summed E-state index contributed by atoms with van der Waals surface area (Å²) in [6.07, 6.45) is 1.14. The molecule has 1 aliphatic heterocycles. The largest absolute Gasteiger partial charge is 0.478 e. The summed E-state index contributed by atoms with van der Waals surface area (Å²) in [6.45, 7) is 3.10. The van der Waals surface area contributed by atoms with Crippen molar-refractivity contribution >= 4 is 34.9 Å². The van der Waals surface area contributed by atoms with E-state index in [2.05, 4.69) is 0 Å². The second-order valence-corrected chi connectivity index (χ2v) is 9.41. The molecule has 0 saturated carbocycles. The lowest BCUT2D eigenvalue weighted by atomic mass is 10.00. The fourth-order valence-corrected chi connectivity index (χ4v) is 4.34. The summed E-state index contributed by atoms with van der Waals surface area (Å²) in [7, 11) is 0. The average Bonchev–Trinajstić information content (AvgIpc) is 2.95. The molecule has 0 fully saturated rings. The first-order chi connectivity index (χ1) is 19.1. The maximum absolute atomic E-state index is 13.1. The van der Waals surface area contributed by atoms with E-state index in [1.807, 2.05) is 0 Å². The zero-order valence-electron chi connectivity index (χ0n) is 21.7. The zero-order valence-corrected chi connectivity index (χ0v) is 21.7. The van der Waals surface area contributed by atoms with E-state index >= 15 is 0 Å². The van der Waals surface area contributed by atoms with Crippen molar-refractivity contribution in [1.29, 1.82) is 0 Å². The number of carbonyl (C=O) groups excluding carboxylic acids is 3. The molecule has 198 valence electrons. The van der Waals surface area contributed by atoms with E-state index in [1.165, 1.54) is 30.2 Å². The van der Waals surface area contributed by atoms with Crippen LogP contribution in [-0.2, 0) is 9.59 Å². The van der Waals surface area contributed by atoms with Crippen LogP contribution in [0.15, 0.2) is 84.6 Å². The molecule has 0 atom stereocenters. The van der Waals surface area contributed by atoms with Gasteiger partial charge in [0.05, 0.1) is 23.4 Å². The van der Waals surface area contributed by atoms with E-state index in [9.17, 15) is 24.3 Å². The van der Waals surface area contributed by atoms with Crippen molar-refractivity contribution in [3.05, 3.63) is 95.7 Å². The number of Topliss-reactive ketones (excluding diaryl/α,β-unsaturated/α-hetero) is 2. The third kappa shape index (κ3) is 5.00. The van der Waals surface area contributed by atoms with E-state index in [0.29, 0.717) is 50.6 Å². The number of rotatable bonds is 6. The van der Waals surface area contributed by atoms with Gasteiger partial charge in [0.25, 0.3) is 0 Å². The summed E-state index contributed by atoms with van der Waals surface area (Å²) in [5, 5.41) is 9.37. The Morgan fingerprint density at radius 3 is 1.82 bits per heavy atom. The van der Waals surface area contributed by atoms with E-state index in [1.54, 1.807) is 67.6 Å². The number of benzene rings is 3. The molecular weight excluding hydrogens is 508 g/mol. The number of hydrogen-bond donors (Lipinski definition) is 2. The van der Waals surface area contributed by atoms with Crippen LogP contribution in [-0.4, -0.2) is 38.5 Å². The smallest absolute Gasteiger partial charge is 0.335 e. The van der Waals surface area contributed by atoms with E-state index in [-0.39, 0.29) is 29.4 Å². The quantitative estimate of drug-likeness (QED) is 0.197. The Morgan fingerprint density at radius 1 is 0.775 bits per heavy atom. The lowest BCUT2D eigenvalue weighted by molar-refractivity contribution is -0.125. The number of anilines is 2. The maximum Gasteiger partial charge on any atom is 0.335 e. The normalized spacial score (nSPS) is 13.2. The molecule has 0 bridgehead atoms. The Hall–Kier alpha value is -5.44. The number of carboxylic acids is 1. The second kappa shape index (κ2) is 10.4. The van der Waals surface area contributed by atoms with Crippen molar-refractivity contribution in [1.82, 2.24) is 9.97 Å². The summed E-state index contributed by atoms with van der Waals surface area (Å²) in [6, 6.07) is 20.1. The van der Waals surface area contributed by atoms with Gasteiger partial charge in [-0.1, -0.05) is 48.5 Å². The van der Waals surface area contributed by atoms with E-state index < -0.39 is 11.9 Å². The molecule has 4 aromatic rings. The number of amides is 1. The highest BCUT2D eigenvalue weighted by Crippen LogP contribution is 2.38. The van der Waals surface area contributed by atoms with Gasteiger partial charge in [-0.3, -0.25) is 19.3 Å². The van der Waals surface area contributed by atoms with Crippen LogP contribution in [0.1, 0.15) is 41.0 Å². The van der Waals surface area contributed by atoms with Gasteiger partial charge in [0.15, 0.2) is 17.4 Å². The minimum absolute atomic E-state index is 0.0937. The molecule has 2 heterocycles. The number of ketones is 2. The summed E-state index contributed by atoms with van der Waals surface area (Å²) in [4.78, 5) is 59.9. The van der Waals surface area contributed by atoms with Gasteiger partial charge in [-0.05, 0) is 38.1 Å². The summed E-state index contributed by atoms with van der Waals surface area (Å²) in [5.41, 5.74) is 10.6. The Kier molecular flexibility index (Phi) is 6.79. The van der Waals surface area contributed by atoms with Gasteiger partial charge in [-0.15, -0.1) is 0 Å². The molecule has 9 heteroatoms. The van der Waals surface area contributed by atoms with Gasteiger partial charge in [-0.2, -0.15) is 0 Å². The van der Waals surface area contributed by atoms with Gasteiger partial charge in [0.1, 0.15) is 5.69 Å². The van der Waals surface area contributed by atoms with Crippen LogP contribution in [0.3, 0.4) is 0 Å². The van der Waals surface area contributed by atoms with Crippen LogP contribution < -0.4 is 10.6 Å². The number of nitrogens with zero attached hydrogens (tertiary/aromatic N) is 3. The first kappa shape index (κ1) is 26.2. The number of nitrogen functional groups attached to an aromatic ring is 1. The minimum Gasteiger partial charge on any atom is -0.478 e. The van der Waals surface area contributed by atoms with Gasteiger partial charge in [-0.25, -0.2) is 14.8 Å². The molecule has 9 nitrogen and oxygen atoms in total. The third-order valence-corrected chi connectivity index (χ3v) is 6.60. The first-order valence-corrected chi connectivity index (χ1v) is 12.4. The molecule has 5 rings (SSSR count). The highest BCUT2D eigenvalue weighted by atomic mass is 16.4. The average molecular weight is 533 g/mol. The SMILES string of the molecule is CC(=O)c1ccc(-c2nc(-c3ccc(N)cc3)c(-c3ccc(C(=O)O)cc3)nc2N2C=C(C)C(=O)CC2=O)cc1. The molecule has 1 amide bonds. The molecule has 3 N–H and O–H groups in total. The van der Waals surface area contributed by atoms with Gasteiger partial charge < -0.3 is 10.8 Å². The Morgan fingerprint density at radius 2 is 1.27 bits per heavy atom. The molecule has 3 aromatic carbocycles. The lowest BCUT2D eigenvalue weighted by Gasteiger charge is -2.25. The highest BCUT2D eigenvalue weighted by molar-refractivity contribution is 6.16. The number of nitrogens with two attached hydrogens (primary N) is 1. The molecule has 0 radical (unpaired) electrons. The van der Waals surface area contributed by atoms with Crippen LogP contribution in [0.4, 0.5) is 11.5 Å². The Labute approximate surface area is 229 Å². The summed E-state index contributed by atoms with van der Waals surface area (Å²) in [5.74, 6) is -1.69. The van der Waals surface area contributed by atoms with Crippen molar-refractivity contribution in [2.75, 3.05) is 10.6 Å². The number of carbonyl (C=O) groups is 4. The topological polar surface area (TPSA) is 144 Å². The van der Waals surface area contributed by atoms with Crippen LogP contribution >= 0.6 is 0 Å². The molecule has 0 saturated heterocycles. The number of aromatic nitrogens is 2. The van der Waals surface area contributed by atoms with Gasteiger partial charge in [0, 0.05) is 39.7 Å². The van der Waals surface area contributed by atoms with Gasteiger partial charge >= 0.3 is 5.97 Å². The van der Waals surface area contributed by atoms with Crippen molar-refractivity contribution < 1.29 is 24.3 Å². The van der Waals surface area contributed by atoms with Crippen molar-refractivity contribution in [3.8, 4) is 33.8 Å². The predicted octanol–water partition coefficient (Wildman–Crippen LogP) is 5.17. The van der Waals surface area contributed by atoms with Crippen LogP contribution in [0, 0.1) is 0 Å². The second-order valence-electron chi connectivity index (χ2n) is 9.41. The summed E-state index contributed by atoms with van der Waals surface area (Å²) < 4.78 is 0. The fourth-order valence-electron chi connectivity index (χ4n) is 4.34.